The number of ketones is 1. The summed E-state index contributed by atoms with van der Waals surface area (Å²) in [6.45, 7) is 1.24. The van der Waals surface area contributed by atoms with Crippen LogP contribution in [0.2, 0.25) is 0 Å². The molecule has 0 saturated heterocycles. The van der Waals surface area contributed by atoms with Crippen molar-refractivity contribution < 1.29 is 14.3 Å². The molecule has 4 heterocycles. The number of anilines is 1. The second-order valence-electron chi connectivity index (χ2n) is 7.90. The second kappa shape index (κ2) is 7.23. The first-order chi connectivity index (χ1) is 15.3. The summed E-state index contributed by atoms with van der Waals surface area (Å²) in [5.41, 5.74) is 3.45. The third kappa shape index (κ3) is 3.06. The van der Waals surface area contributed by atoms with Crippen molar-refractivity contribution in [3.63, 3.8) is 0 Å². The quantitative estimate of drug-likeness (QED) is 0.685. The van der Waals surface area contributed by atoms with Gasteiger partial charge in [-0.3, -0.25) is 9.78 Å². The van der Waals surface area contributed by atoms with E-state index in [2.05, 4.69) is 10.3 Å². The van der Waals surface area contributed by atoms with Crippen molar-refractivity contribution in [1.29, 1.82) is 0 Å². The topological polar surface area (TPSA) is 91.2 Å². The minimum absolute atomic E-state index is 0.148. The standard InChI is InChI=1S/C23H21N5O3/c29-17-6-1-5-16-20(17)21(14-7-8-18-19(12-14)31-11-3-10-30-18)28-23(25-16)26-22(27-28)15-4-2-9-24-13-15/h2,4,7-9,12-13,21H,1,3,5-6,10-11H2,(H,25,26,27). The van der Waals surface area contributed by atoms with Crippen LogP contribution < -0.4 is 14.8 Å². The number of nitrogens with one attached hydrogen (secondary N) is 1. The fourth-order valence-corrected chi connectivity index (χ4v) is 4.43. The molecule has 3 aliphatic rings. The van der Waals surface area contributed by atoms with Crippen LogP contribution in [0, 0.1) is 0 Å². The molecule has 1 unspecified atom stereocenters. The fraction of sp³-hybridized carbons (Fsp3) is 0.304. The minimum atomic E-state index is -0.367. The predicted octanol–water partition coefficient (Wildman–Crippen LogP) is 3.52. The minimum Gasteiger partial charge on any atom is -0.490 e. The highest BCUT2D eigenvalue weighted by Crippen LogP contribution is 2.42. The van der Waals surface area contributed by atoms with E-state index in [1.807, 2.05) is 35.0 Å². The molecule has 0 saturated carbocycles. The molecule has 1 aliphatic carbocycles. The summed E-state index contributed by atoms with van der Waals surface area (Å²) in [4.78, 5) is 21.9. The Morgan fingerprint density at radius 2 is 1.97 bits per heavy atom. The van der Waals surface area contributed by atoms with Crippen molar-refractivity contribution in [1.82, 2.24) is 19.7 Å². The number of hydrogen-bond acceptors (Lipinski definition) is 7. The van der Waals surface area contributed by atoms with Gasteiger partial charge in [-0.05, 0) is 42.7 Å². The van der Waals surface area contributed by atoms with Gasteiger partial charge in [0.15, 0.2) is 23.1 Å². The molecule has 1 aromatic carbocycles. The smallest absolute Gasteiger partial charge is 0.226 e. The Balaban J connectivity index is 1.50. The number of carbonyl (C=O) groups excluding carboxylic acids is 1. The number of pyridine rings is 1. The molecule has 31 heavy (non-hydrogen) atoms. The first-order valence-electron chi connectivity index (χ1n) is 10.6. The van der Waals surface area contributed by atoms with Gasteiger partial charge in [0, 0.05) is 42.1 Å². The number of rotatable bonds is 2. The van der Waals surface area contributed by atoms with Crippen LogP contribution in [0.4, 0.5) is 5.95 Å². The van der Waals surface area contributed by atoms with Gasteiger partial charge in [0.2, 0.25) is 5.95 Å². The third-order valence-corrected chi connectivity index (χ3v) is 5.88. The monoisotopic (exact) mass is 415 g/mol. The predicted molar refractivity (Wildman–Crippen MR) is 113 cm³/mol. The molecule has 0 fully saturated rings. The highest BCUT2D eigenvalue weighted by Gasteiger charge is 2.37. The van der Waals surface area contributed by atoms with Gasteiger partial charge in [0.25, 0.3) is 0 Å². The van der Waals surface area contributed by atoms with Gasteiger partial charge >= 0.3 is 0 Å². The summed E-state index contributed by atoms with van der Waals surface area (Å²) in [5, 5.41) is 8.14. The molecule has 0 amide bonds. The van der Waals surface area contributed by atoms with Crippen LogP contribution in [-0.2, 0) is 4.79 Å². The van der Waals surface area contributed by atoms with Gasteiger partial charge in [-0.2, -0.15) is 4.98 Å². The van der Waals surface area contributed by atoms with Crippen LogP contribution in [0.15, 0.2) is 54.0 Å². The maximum atomic E-state index is 13.0. The molecule has 3 aromatic rings. The number of Topliss-reactive ketones (excluding diaryl/α,β-unsaturated/α-hetero) is 1. The van der Waals surface area contributed by atoms with Crippen molar-refractivity contribution in [2.24, 2.45) is 0 Å². The summed E-state index contributed by atoms with van der Waals surface area (Å²) >= 11 is 0. The molecular weight excluding hydrogens is 394 g/mol. The summed E-state index contributed by atoms with van der Waals surface area (Å²) in [6.07, 6.45) is 6.49. The Hall–Kier alpha value is -3.68. The Morgan fingerprint density at radius 1 is 1.06 bits per heavy atom. The van der Waals surface area contributed by atoms with Crippen LogP contribution in [0.1, 0.15) is 37.3 Å². The first-order valence-corrected chi connectivity index (χ1v) is 10.6. The lowest BCUT2D eigenvalue weighted by Gasteiger charge is -2.32. The lowest BCUT2D eigenvalue weighted by molar-refractivity contribution is -0.116. The summed E-state index contributed by atoms with van der Waals surface area (Å²) in [6, 6.07) is 9.30. The van der Waals surface area contributed by atoms with E-state index in [-0.39, 0.29) is 11.8 Å². The van der Waals surface area contributed by atoms with Crippen molar-refractivity contribution in [2.75, 3.05) is 18.5 Å². The van der Waals surface area contributed by atoms with Crippen LogP contribution in [0.3, 0.4) is 0 Å². The van der Waals surface area contributed by atoms with Crippen molar-refractivity contribution in [3.8, 4) is 22.9 Å². The van der Waals surface area contributed by atoms with E-state index in [4.69, 9.17) is 19.6 Å². The van der Waals surface area contributed by atoms with Gasteiger partial charge in [0.05, 0.1) is 13.2 Å². The average Bonchev–Trinajstić information content (AvgIpc) is 3.08. The molecular formula is C23H21N5O3. The molecule has 6 rings (SSSR count). The molecule has 2 aliphatic heterocycles. The average molecular weight is 415 g/mol. The van der Waals surface area contributed by atoms with E-state index in [0.29, 0.717) is 37.2 Å². The number of carbonyl (C=O) groups is 1. The van der Waals surface area contributed by atoms with Crippen molar-refractivity contribution in [2.45, 2.75) is 31.7 Å². The van der Waals surface area contributed by atoms with E-state index in [1.165, 1.54) is 0 Å². The van der Waals surface area contributed by atoms with Gasteiger partial charge in [-0.1, -0.05) is 6.07 Å². The summed E-state index contributed by atoms with van der Waals surface area (Å²) in [5.74, 6) is 2.78. The number of aromatic nitrogens is 4. The maximum absolute atomic E-state index is 13.0. The molecule has 8 nitrogen and oxygen atoms in total. The normalized spacial score (nSPS) is 19.9. The van der Waals surface area contributed by atoms with E-state index in [9.17, 15) is 4.79 Å². The second-order valence-corrected chi connectivity index (χ2v) is 7.90. The molecule has 2 aromatic heterocycles. The molecule has 0 bridgehead atoms. The fourth-order valence-electron chi connectivity index (χ4n) is 4.43. The summed E-state index contributed by atoms with van der Waals surface area (Å²) < 4.78 is 13.5. The highest BCUT2D eigenvalue weighted by atomic mass is 16.5. The zero-order chi connectivity index (χ0) is 20.8. The molecule has 156 valence electrons. The largest absolute Gasteiger partial charge is 0.490 e. The van der Waals surface area contributed by atoms with Crippen LogP contribution >= 0.6 is 0 Å². The van der Waals surface area contributed by atoms with E-state index < -0.39 is 0 Å². The lowest BCUT2D eigenvalue weighted by Crippen LogP contribution is -2.31. The Bertz CT molecular complexity index is 1200. The number of benzene rings is 1. The van der Waals surface area contributed by atoms with E-state index in [1.54, 1.807) is 12.4 Å². The first kappa shape index (κ1) is 18.1. The lowest BCUT2D eigenvalue weighted by atomic mass is 9.85. The van der Waals surface area contributed by atoms with Gasteiger partial charge in [-0.15, -0.1) is 5.10 Å². The van der Waals surface area contributed by atoms with Crippen LogP contribution in [0.5, 0.6) is 11.5 Å². The van der Waals surface area contributed by atoms with Crippen molar-refractivity contribution in [3.05, 3.63) is 59.6 Å². The van der Waals surface area contributed by atoms with Gasteiger partial charge < -0.3 is 14.8 Å². The van der Waals surface area contributed by atoms with Gasteiger partial charge in [-0.25, -0.2) is 4.68 Å². The molecule has 0 radical (unpaired) electrons. The van der Waals surface area contributed by atoms with E-state index in [0.717, 1.165) is 47.4 Å². The van der Waals surface area contributed by atoms with Crippen LogP contribution in [0.25, 0.3) is 11.4 Å². The number of hydrogen-bond donors (Lipinski definition) is 1. The number of nitrogens with zero attached hydrogens (tertiary/aromatic N) is 4. The Morgan fingerprint density at radius 3 is 2.84 bits per heavy atom. The maximum Gasteiger partial charge on any atom is 0.226 e. The third-order valence-electron chi connectivity index (χ3n) is 5.88. The number of ether oxygens (including phenoxy) is 2. The zero-order valence-electron chi connectivity index (χ0n) is 16.9. The van der Waals surface area contributed by atoms with Crippen LogP contribution in [-0.4, -0.2) is 38.7 Å². The van der Waals surface area contributed by atoms with E-state index >= 15 is 0 Å². The zero-order valence-corrected chi connectivity index (χ0v) is 16.9. The summed E-state index contributed by atoms with van der Waals surface area (Å²) in [7, 11) is 0. The number of fused-ring (bicyclic) bond motifs is 2. The van der Waals surface area contributed by atoms with Gasteiger partial charge in [0.1, 0.15) is 6.04 Å². The SMILES string of the molecule is O=C1CCCC2=C1C(c1ccc3c(c1)OCCCO3)n1nc(-c3cccnc3)nc1N2. The molecule has 8 heteroatoms. The molecule has 0 spiro atoms. The van der Waals surface area contributed by atoms with Crippen molar-refractivity contribution >= 4 is 11.7 Å². The highest BCUT2D eigenvalue weighted by molar-refractivity contribution is 5.99. The molecule has 1 atom stereocenters. The Kier molecular flexibility index (Phi) is 4.22. The number of allylic oxidation sites excluding steroid dienone is 2. The molecule has 1 N–H and O–H groups in total. The Labute approximate surface area is 178 Å².